The second kappa shape index (κ2) is 7.50. The molecule has 1 fully saturated rings. The van der Waals surface area contributed by atoms with Crippen molar-refractivity contribution in [1.82, 2.24) is 4.90 Å². The molecule has 1 saturated heterocycles. The first kappa shape index (κ1) is 15.1. The van der Waals surface area contributed by atoms with Gasteiger partial charge in [-0.05, 0) is 38.8 Å². The van der Waals surface area contributed by atoms with Gasteiger partial charge in [0.2, 0.25) is 0 Å². The van der Waals surface area contributed by atoms with Gasteiger partial charge in [0.25, 0.3) is 0 Å². The number of aliphatic hydroxyl groups excluding tert-OH is 1. The highest BCUT2D eigenvalue weighted by Gasteiger charge is 2.23. The molecule has 1 heterocycles. The number of phenols is 1. The summed E-state index contributed by atoms with van der Waals surface area (Å²) >= 11 is 0. The number of aromatic hydroxyl groups is 1. The van der Waals surface area contributed by atoms with E-state index in [9.17, 15) is 10.2 Å². The highest BCUT2D eigenvalue weighted by atomic mass is 16.5. The molecule has 20 heavy (non-hydrogen) atoms. The highest BCUT2D eigenvalue weighted by Crippen LogP contribution is 2.32. The number of phenolic OH excluding ortho intramolecular Hbond substituents is 1. The van der Waals surface area contributed by atoms with Gasteiger partial charge in [-0.2, -0.15) is 0 Å². The van der Waals surface area contributed by atoms with Gasteiger partial charge in [0.05, 0.1) is 6.61 Å². The average molecular weight is 279 g/mol. The first-order valence-corrected chi connectivity index (χ1v) is 7.54. The maximum absolute atomic E-state index is 10.3. The van der Waals surface area contributed by atoms with Gasteiger partial charge in [-0.3, -0.25) is 4.90 Å². The van der Waals surface area contributed by atoms with Crippen LogP contribution in [0.15, 0.2) is 18.2 Å². The normalized spacial score (nSPS) is 20.0. The molecule has 1 aromatic rings. The van der Waals surface area contributed by atoms with Crippen molar-refractivity contribution in [3.05, 3.63) is 23.8 Å². The molecule has 0 radical (unpaired) electrons. The Morgan fingerprint density at radius 1 is 1.35 bits per heavy atom. The molecule has 1 atom stereocenters. The molecule has 1 aliphatic rings. The molecule has 4 heteroatoms. The number of likely N-dealkylation sites (tertiary alicyclic amines) is 1. The lowest BCUT2D eigenvalue weighted by Crippen LogP contribution is -2.39. The van der Waals surface area contributed by atoms with Crippen molar-refractivity contribution >= 4 is 0 Å². The van der Waals surface area contributed by atoms with Gasteiger partial charge in [0.15, 0.2) is 11.5 Å². The number of rotatable bonds is 6. The van der Waals surface area contributed by atoms with Gasteiger partial charge in [-0.1, -0.05) is 18.6 Å². The van der Waals surface area contributed by atoms with E-state index in [1.165, 1.54) is 12.8 Å². The molecule has 4 nitrogen and oxygen atoms in total. The molecule has 1 unspecified atom stereocenters. The number of aliphatic hydroxyl groups is 1. The van der Waals surface area contributed by atoms with E-state index in [-0.39, 0.29) is 12.4 Å². The molecule has 112 valence electrons. The highest BCUT2D eigenvalue weighted by molar-refractivity contribution is 5.45. The molecule has 0 bridgehead atoms. The quantitative estimate of drug-likeness (QED) is 0.840. The van der Waals surface area contributed by atoms with Crippen LogP contribution in [0.1, 0.15) is 38.2 Å². The topological polar surface area (TPSA) is 52.9 Å². The molecule has 0 spiro atoms. The van der Waals surface area contributed by atoms with E-state index in [0.717, 1.165) is 31.5 Å². The second-order valence-corrected chi connectivity index (χ2v) is 5.33. The Morgan fingerprint density at radius 2 is 2.20 bits per heavy atom. The standard InChI is InChI=1S/C16H25NO3/c1-2-20-15-8-5-6-13(16(15)19)12-17-10-4-3-7-14(17)9-11-18/h5-6,8,14,18-19H,2-4,7,9-12H2,1H3. The molecular formula is C16H25NO3. The number of piperidine rings is 1. The summed E-state index contributed by atoms with van der Waals surface area (Å²) in [6.07, 6.45) is 4.36. The van der Waals surface area contributed by atoms with Gasteiger partial charge in [0.1, 0.15) is 0 Å². The van der Waals surface area contributed by atoms with Crippen molar-refractivity contribution in [3.63, 3.8) is 0 Å². The summed E-state index contributed by atoms with van der Waals surface area (Å²) in [5, 5.41) is 19.4. The second-order valence-electron chi connectivity index (χ2n) is 5.33. The van der Waals surface area contributed by atoms with Crippen molar-refractivity contribution in [2.75, 3.05) is 19.8 Å². The van der Waals surface area contributed by atoms with Crippen LogP contribution >= 0.6 is 0 Å². The van der Waals surface area contributed by atoms with Gasteiger partial charge < -0.3 is 14.9 Å². The van der Waals surface area contributed by atoms with E-state index < -0.39 is 0 Å². The first-order valence-electron chi connectivity index (χ1n) is 7.54. The number of benzene rings is 1. The number of nitrogens with zero attached hydrogens (tertiary/aromatic N) is 1. The Labute approximate surface area is 121 Å². The van der Waals surface area contributed by atoms with E-state index in [2.05, 4.69) is 4.90 Å². The van der Waals surface area contributed by atoms with Crippen LogP contribution in [0, 0.1) is 0 Å². The minimum absolute atomic E-state index is 0.228. The molecule has 0 aliphatic carbocycles. The summed E-state index contributed by atoms with van der Waals surface area (Å²) in [6, 6.07) is 6.08. The fraction of sp³-hybridized carbons (Fsp3) is 0.625. The zero-order chi connectivity index (χ0) is 14.4. The van der Waals surface area contributed by atoms with E-state index in [1.54, 1.807) is 6.07 Å². The number of para-hydroxylation sites is 1. The van der Waals surface area contributed by atoms with E-state index >= 15 is 0 Å². The predicted octanol–water partition coefficient (Wildman–Crippen LogP) is 2.53. The third-order valence-electron chi connectivity index (χ3n) is 3.97. The minimum Gasteiger partial charge on any atom is -0.504 e. The fourth-order valence-corrected chi connectivity index (χ4v) is 2.93. The van der Waals surface area contributed by atoms with Crippen LogP contribution in [0.25, 0.3) is 0 Å². The fourth-order valence-electron chi connectivity index (χ4n) is 2.93. The molecular weight excluding hydrogens is 254 g/mol. The summed E-state index contributed by atoms with van der Waals surface area (Å²) in [7, 11) is 0. The van der Waals surface area contributed by atoms with E-state index in [1.807, 2.05) is 19.1 Å². The zero-order valence-electron chi connectivity index (χ0n) is 12.2. The molecule has 0 saturated carbocycles. The van der Waals surface area contributed by atoms with Gasteiger partial charge >= 0.3 is 0 Å². The van der Waals surface area contributed by atoms with E-state index in [4.69, 9.17) is 4.74 Å². The maximum atomic E-state index is 10.3. The molecule has 1 aromatic carbocycles. The van der Waals surface area contributed by atoms with Gasteiger partial charge in [-0.25, -0.2) is 0 Å². The molecule has 0 aromatic heterocycles. The van der Waals surface area contributed by atoms with Crippen molar-refractivity contribution < 1.29 is 14.9 Å². The van der Waals surface area contributed by atoms with Crippen LogP contribution in [0.2, 0.25) is 0 Å². The van der Waals surface area contributed by atoms with E-state index in [0.29, 0.717) is 18.4 Å². The summed E-state index contributed by atoms with van der Waals surface area (Å²) in [5.74, 6) is 0.809. The van der Waals surface area contributed by atoms with Crippen LogP contribution in [0.5, 0.6) is 11.5 Å². The third kappa shape index (κ3) is 3.64. The predicted molar refractivity (Wildman–Crippen MR) is 79.0 cm³/mol. The number of hydrogen-bond acceptors (Lipinski definition) is 4. The molecule has 0 amide bonds. The lowest BCUT2D eigenvalue weighted by atomic mass is 9.98. The maximum Gasteiger partial charge on any atom is 0.162 e. The van der Waals surface area contributed by atoms with Crippen molar-refractivity contribution in [3.8, 4) is 11.5 Å². The smallest absolute Gasteiger partial charge is 0.162 e. The zero-order valence-corrected chi connectivity index (χ0v) is 12.2. The van der Waals surface area contributed by atoms with Crippen LogP contribution in [0.4, 0.5) is 0 Å². The number of hydrogen-bond donors (Lipinski definition) is 2. The summed E-state index contributed by atoms with van der Waals surface area (Å²) < 4.78 is 5.43. The third-order valence-corrected chi connectivity index (χ3v) is 3.97. The summed E-state index contributed by atoms with van der Waals surface area (Å²) in [5.41, 5.74) is 0.904. The van der Waals surface area contributed by atoms with Gasteiger partial charge in [-0.15, -0.1) is 0 Å². The Balaban J connectivity index is 2.09. The Morgan fingerprint density at radius 3 is 2.95 bits per heavy atom. The van der Waals surface area contributed by atoms with Crippen molar-refractivity contribution in [2.45, 2.75) is 45.2 Å². The van der Waals surface area contributed by atoms with Gasteiger partial charge in [0, 0.05) is 24.8 Å². The Kier molecular flexibility index (Phi) is 5.68. The minimum atomic E-state index is 0.228. The number of ether oxygens (including phenoxy) is 1. The molecule has 1 aliphatic heterocycles. The van der Waals surface area contributed by atoms with Crippen molar-refractivity contribution in [1.29, 1.82) is 0 Å². The SMILES string of the molecule is CCOc1cccc(CN2CCCCC2CCO)c1O. The average Bonchev–Trinajstić information content (AvgIpc) is 2.46. The lowest BCUT2D eigenvalue weighted by molar-refractivity contribution is 0.111. The van der Waals surface area contributed by atoms with Crippen LogP contribution < -0.4 is 4.74 Å². The largest absolute Gasteiger partial charge is 0.504 e. The Bertz CT molecular complexity index is 420. The first-order chi connectivity index (χ1) is 9.76. The molecule has 2 rings (SSSR count). The monoisotopic (exact) mass is 279 g/mol. The Hall–Kier alpha value is -1.26. The van der Waals surface area contributed by atoms with Crippen LogP contribution in [-0.4, -0.2) is 40.9 Å². The summed E-state index contributed by atoms with van der Waals surface area (Å²) in [6.45, 7) is 4.44. The summed E-state index contributed by atoms with van der Waals surface area (Å²) in [4.78, 5) is 2.37. The molecule has 2 N–H and O–H groups in total. The van der Waals surface area contributed by atoms with Crippen LogP contribution in [-0.2, 0) is 6.54 Å². The lowest BCUT2D eigenvalue weighted by Gasteiger charge is -2.35. The van der Waals surface area contributed by atoms with Crippen LogP contribution in [0.3, 0.4) is 0 Å². The van der Waals surface area contributed by atoms with Crippen molar-refractivity contribution in [2.24, 2.45) is 0 Å².